The van der Waals surface area contributed by atoms with Crippen LogP contribution in [0.5, 0.6) is 5.75 Å². The SMILES string of the molecule is CCNC(=NCC(C)(O)c1cnn(C)c1)NCC(c1ccc(OC)cc1)N1CCOCC1. The zero-order valence-electron chi connectivity index (χ0n) is 19.5. The lowest BCUT2D eigenvalue weighted by atomic mass is 10.0. The lowest BCUT2D eigenvalue weighted by molar-refractivity contribution is 0.0169. The van der Waals surface area contributed by atoms with Gasteiger partial charge in [0.25, 0.3) is 0 Å². The van der Waals surface area contributed by atoms with Crippen molar-refractivity contribution >= 4 is 5.96 Å². The summed E-state index contributed by atoms with van der Waals surface area (Å²) in [5, 5.41) is 21.8. The van der Waals surface area contributed by atoms with Crippen molar-refractivity contribution < 1.29 is 14.6 Å². The smallest absolute Gasteiger partial charge is 0.191 e. The summed E-state index contributed by atoms with van der Waals surface area (Å²) in [6, 6.07) is 8.36. The van der Waals surface area contributed by atoms with E-state index in [4.69, 9.17) is 9.47 Å². The molecule has 1 aromatic heterocycles. The van der Waals surface area contributed by atoms with Gasteiger partial charge in [0.15, 0.2) is 5.96 Å². The van der Waals surface area contributed by atoms with Crippen molar-refractivity contribution in [1.82, 2.24) is 25.3 Å². The van der Waals surface area contributed by atoms with Crippen molar-refractivity contribution in [3.8, 4) is 5.75 Å². The van der Waals surface area contributed by atoms with Gasteiger partial charge in [0, 0.05) is 45.0 Å². The maximum absolute atomic E-state index is 10.9. The highest BCUT2D eigenvalue weighted by Crippen LogP contribution is 2.24. The summed E-state index contributed by atoms with van der Waals surface area (Å²) in [6.45, 7) is 8.62. The van der Waals surface area contributed by atoms with E-state index in [1.165, 1.54) is 5.56 Å². The van der Waals surface area contributed by atoms with Gasteiger partial charge in [-0.1, -0.05) is 12.1 Å². The Kier molecular flexibility index (Phi) is 8.49. The highest BCUT2D eigenvalue weighted by atomic mass is 16.5. The maximum Gasteiger partial charge on any atom is 0.191 e. The topological polar surface area (TPSA) is 96.2 Å². The molecule has 2 heterocycles. The Bertz CT molecular complexity index is 859. The van der Waals surface area contributed by atoms with E-state index in [0.717, 1.165) is 44.2 Å². The Hall–Kier alpha value is -2.62. The number of aliphatic hydroxyl groups is 1. The van der Waals surface area contributed by atoms with Crippen LogP contribution in [0.3, 0.4) is 0 Å². The first kappa shape index (κ1) is 24.0. The summed E-state index contributed by atoms with van der Waals surface area (Å²) in [5.74, 6) is 1.51. The third kappa shape index (κ3) is 6.44. The lowest BCUT2D eigenvalue weighted by Gasteiger charge is -2.35. The fourth-order valence-electron chi connectivity index (χ4n) is 3.73. The van der Waals surface area contributed by atoms with Crippen LogP contribution in [0.2, 0.25) is 0 Å². The Morgan fingerprint density at radius 1 is 1.28 bits per heavy atom. The number of aromatic nitrogens is 2. The molecular weight excluding hydrogens is 408 g/mol. The van der Waals surface area contributed by atoms with Crippen LogP contribution in [-0.2, 0) is 17.4 Å². The van der Waals surface area contributed by atoms with E-state index in [2.05, 4.69) is 37.8 Å². The second kappa shape index (κ2) is 11.3. The molecule has 0 spiro atoms. The van der Waals surface area contributed by atoms with Crippen LogP contribution >= 0.6 is 0 Å². The van der Waals surface area contributed by atoms with Crippen LogP contribution in [0.1, 0.15) is 31.0 Å². The van der Waals surface area contributed by atoms with Crippen LogP contribution in [-0.4, -0.2) is 78.8 Å². The van der Waals surface area contributed by atoms with Crippen molar-refractivity contribution in [2.75, 3.05) is 53.0 Å². The number of rotatable bonds is 9. The van der Waals surface area contributed by atoms with Gasteiger partial charge in [-0.2, -0.15) is 5.10 Å². The maximum atomic E-state index is 10.9. The lowest BCUT2D eigenvalue weighted by Crippen LogP contribution is -2.46. The van der Waals surface area contributed by atoms with E-state index in [1.54, 1.807) is 24.9 Å². The average Bonchev–Trinajstić information content (AvgIpc) is 3.26. The molecule has 0 aliphatic carbocycles. The van der Waals surface area contributed by atoms with E-state index in [0.29, 0.717) is 12.5 Å². The molecule has 176 valence electrons. The molecule has 9 heteroatoms. The highest BCUT2D eigenvalue weighted by Gasteiger charge is 2.26. The summed E-state index contributed by atoms with van der Waals surface area (Å²) in [4.78, 5) is 7.08. The number of aryl methyl sites for hydroxylation is 1. The van der Waals surface area contributed by atoms with Gasteiger partial charge in [-0.05, 0) is 31.5 Å². The number of methoxy groups -OCH3 is 1. The van der Waals surface area contributed by atoms with E-state index in [-0.39, 0.29) is 12.6 Å². The van der Waals surface area contributed by atoms with Crippen molar-refractivity contribution in [2.45, 2.75) is 25.5 Å². The van der Waals surface area contributed by atoms with Crippen LogP contribution in [0, 0.1) is 0 Å². The van der Waals surface area contributed by atoms with E-state index >= 15 is 0 Å². The van der Waals surface area contributed by atoms with Gasteiger partial charge >= 0.3 is 0 Å². The number of nitrogens with zero attached hydrogens (tertiary/aromatic N) is 4. The summed E-state index contributed by atoms with van der Waals surface area (Å²) in [7, 11) is 3.51. The first-order valence-corrected chi connectivity index (χ1v) is 11.1. The quantitative estimate of drug-likeness (QED) is 0.396. The minimum absolute atomic E-state index is 0.160. The molecule has 1 saturated heterocycles. The number of morpholine rings is 1. The van der Waals surface area contributed by atoms with Gasteiger partial charge in [0.2, 0.25) is 0 Å². The number of hydrogen-bond acceptors (Lipinski definition) is 6. The molecule has 0 saturated carbocycles. The largest absolute Gasteiger partial charge is 0.497 e. The van der Waals surface area contributed by atoms with Gasteiger partial charge in [-0.15, -0.1) is 0 Å². The molecule has 2 aromatic rings. The van der Waals surface area contributed by atoms with Crippen LogP contribution < -0.4 is 15.4 Å². The molecule has 32 heavy (non-hydrogen) atoms. The first-order valence-electron chi connectivity index (χ1n) is 11.1. The van der Waals surface area contributed by atoms with Gasteiger partial charge in [-0.3, -0.25) is 9.58 Å². The summed E-state index contributed by atoms with van der Waals surface area (Å²) in [5.41, 5.74) is 0.846. The minimum Gasteiger partial charge on any atom is -0.497 e. The number of benzene rings is 1. The van der Waals surface area contributed by atoms with Crippen LogP contribution in [0.4, 0.5) is 0 Å². The van der Waals surface area contributed by atoms with E-state index in [9.17, 15) is 5.11 Å². The van der Waals surface area contributed by atoms with E-state index < -0.39 is 5.60 Å². The molecule has 0 bridgehead atoms. The highest BCUT2D eigenvalue weighted by molar-refractivity contribution is 5.79. The van der Waals surface area contributed by atoms with Crippen LogP contribution in [0.15, 0.2) is 41.7 Å². The molecule has 0 radical (unpaired) electrons. The van der Waals surface area contributed by atoms with Crippen molar-refractivity contribution in [3.63, 3.8) is 0 Å². The Balaban J connectivity index is 1.72. The van der Waals surface area contributed by atoms with Gasteiger partial charge in [0.05, 0.1) is 39.1 Å². The number of aliphatic imine (C=N–C) groups is 1. The molecular formula is C23H36N6O3. The predicted molar refractivity (Wildman–Crippen MR) is 125 cm³/mol. The van der Waals surface area contributed by atoms with Gasteiger partial charge in [-0.25, -0.2) is 4.99 Å². The Morgan fingerprint density at radius 2 is 2.00 bits per heavy atom. The normalized spacial score (nSPS) is 18.1. The zero-order valence-corrected chi connectivity index (χ0v) is 19.5. The molecule has 1 fully saturated rings. The van der Waals surface area contributed by atoms with Crippen molar-refractivity contribution in [3.05, 3.63) is 47.8 Å². The second-order valence-electron chi connectivity index (χ2n) is 8.19. The standard InChI is InChI=1S/C23H36N6O3/c1-5-24-22(26-17-23(2,30)19-14-27-28(3)16-19)25-15-21(29-10-12-32-13-11-29)18-6-8-20(31-4)9-7-18/h6-9,14,16,21,30H,5,10-13,15,17H2,1-4H3,(H2,24,25,26). The van der Waals surface area contributed by atoms with Gasteiger partial charge in [0.1, 0.15) is 11.4 Å². The van der Waals surface area contributed by atoms with Gasteiger partial charge < -0.3 is 25.2 Å². The molecule has 9 nitrogen and oxygen atoms in total. The van der Waals surface area contributed by atoms with Crippen molar-refractivity contribution in [2.24, 2.45) is 12.0 Å². The number of ether oxygens (including phenoxy) is 2. The number of hydrogen-bond donors (Lipinski definition) is 3. The number of nitrogens with one attached hydrogen (secondary N) is 2. The summed E-state index contributed by atoms with van der Waals surface area (Å²) < 4.78 is 12.6. The molecule has 0 amide bonds. The molecule has 3 N–H and O–H groups in total. The molecule has 3 rings (SSSR count). The second-order valence-corrected chi connectivity index (χ2v) is 8.19. The zero-order chi connectivity index (χ0) is 23.0. The summed E-state index contributed by atoms with van der Waals surface area (Å²) in [6.07, 6.45) is 3.49. The van der Waals surface area contributed by atoms with Crippen molar-refractivity contribution in [1.29, 1.82) is 0 Å². The molecule has 1 aliphatic heterocycles. The fraction of sp³-hybridized carbons (Fsp3) is 0.565. The summed E-state index contributed by atoms with van der Waals surface area (Å²) >= 11 is 0. The Morgan fingerprint density at radius 3 is 2.59 bits per heavy atom. The molecule has 2 atom stereocenters. The molecule has 2 unspecified atom stereocenters. The predicted octanol–water partition coefficient (Wildman–Crippen LogP) is 1.26. The van der Waals surface area contributed by atoms with Crippen LogP contribution in [0.25, 0.3) is 0 Å². The molecule has 1 aliphatic rings. The fourth-order valence-corrected chi connectivity index (χ4v) is 3.73. The Labute approximate surface area is 190 Å². The third-order valence-electron chi connectivity index (χ3n) is 5.67. The first-order chi connectivity index (χ1) is 15.4. The average molecular weight is 445 g/mol. The monoisotopic (exact) mass is 444 g/mol. The van der Waals surface area contributed by atoms with E-state index in [1.807, 2.05) is 32.3 Å². The molecule has 1 aromatic carbocycles. The minimum atomic E-state index is -1.10. The number of guanidine groups is 1. The third-order valence-corrected chi connectivity index (χ3v) is 5.67.